The van der Waals surface area contributed by atoms with Crippen LogP contribution >= 0.6 is 23.4 Å². The van der Waals surface area contributed by atoms with Gasteiger partial charge in [-0.3, -0.25) is 4.79 Å². The normalized spacial score (nSPS) is 13.5. The van der Waals surface area contributed by atoms with Crippen LogP contribution in [0.25, 0.3) is 0 Å². The number of anilines is 3. The van der Waals surface area contributed by atoms with E-state index in [1.54, 1.807) is 44.8 Å². The molecule has 178 valence electrons. The third kappa shape index (κ3) is 5.84. The zero-order chi connectivity index (χ0) is 23.9. The molecule has 1 N–H and O–H groups in total. The first-order valence-electron chi connectivity index (χ1n) is 10.8. The molecule has 1 aliphatic heterocycles. The van der Waals surface area contributed by atoms with Crippen LogP contribution in [0.5, 0.6) is 11.5 Å². The Labute approximate surface area is 208 Å². The topological polar surface area (TPSA) is 79.8 Å². The van der Waals surface area contributed by atoms with Crippen molar-refractivity contribution in [3.63, 3.8) is 0 Å². The summed E-state index contributed by atoms with van der Waals surface area (Å²) in [5, 5.41) is 4.11. The highest BCUT2D eigenvalue weighted by molar-refractivity contribution is 8.00. The molecule has 1 aliphatic rings. The fraction of sp³-hybridized carbons (Fsp3) is 0.292. The van der Waals surface area contributed by atoms with Crippen molar-refractivity contribution in [1.82, 2.24) is 9.97 Å². The molecular weight excluding hydrogens is 474 g/mol. The Morgan fingerprint density at radius 2 is 1.71 bits per heavy atom. The number of nitrogens with zero attached hydrogens (tertiary/aromatic N) is 4. The average Bonchev–Trinajstić information content (AvgIpc) is 2.88. The number of carbonyl (C=O) groups excluding carboxylic acids is 1. The van der Waals surface area contributed by atoms with E-state index in [1.807, 2.05) is 12.1 Å². The summed E-state index contributed by atoms with van der Waals surface area (Å²) in [5.74, 6) is 2.22. The quantitative estimate of drug-likeness (QED) is 0.462. The van der Waals surface area contributed by atoms with Gasteiger partial charge in [0.05, 0.1) is 25.7 Å². The summed E-state index contributed by atoms with van der Waals surface area (Å²) in [6, 6.07) is 13.2. The molecule has 1 aromatic heterocycles. The minimum atomic E-state index is -0.175. The third-order valence-electron chi connectivity index (χ3n) is 5.44. The number of aromatic nitrogens is 2. The lowest BCUT2D eigenvalue weighted by Crippen LogP contribution is -2.47. The van der Waals surface area contributed by atoms with Crippen molar-refractivity contribution < 1.29 is 14.3 Å². The summed E-state index contributed by atoms with van der Waals surface area (Å²) in [7, 11) is 3.22. The molecule has 1 amide bonds. The lowest BCUT2D eigenvalue weighted by Gasteiger charge is -2.37. The van der Waals surface area contributed by atoms with E-state index in [1.165, 1.54) is 17.4 Å². The van der Waals surface area contributed by atoms with E-state index >= 15 is 0 Å². The molecule has 34 heavy (non-hydrogen) atoms. The molecule has 3 aromatic rings. The number of benzene rings is 2. The predicted molar refractivity (Wildman–Crippen MR) is 137 cm³/mol. The van der Waals surface area contributed by atoms with Gasteiger partial charge in [-0.25, -0.2) is 9.97 Å². The average molecular weight is 500 g/mol. The van der Waals surface area contributed by atoms with Crippen LogP contribution in [0.1, 0.15) is 0 Å². The Kier molecular flexibility index (Phi) is 7.97. The number of ether oxygens (including phenoxy) is 2. The van der Waals surface area contributed by atoms with Gasteiger partial charge in [0, 0.05) is 49.3 Å². The van der Waals surface area contributed by atoms with Crippen molar-refractivity contribution in [3.05, 3.63) is 59.9 Å². The number of thioether (sulfide) groups is 1. The number of hydrogen-bond acceptors (Lipinski definition) is 8. The lowest BCUT2D eigenvalue weighted by atomic mass is 10.2. The number of amides is 1. The van der Waals surface area contributed by atoms with E-state index < -0.39 is 0 Å². The number of nitrogens with one attached hydrogen (secondary N) is 1. The Morgan fingerprint density at radius 3 is 2.41 bits per heavy atom. The number of methoxy groups -OCH3 is 2. The molecule has 0 spiro atoms. The Hall–Kier alpha value is -3.17. The molecule has 0 bridgehead atoms. The summed E-state index contributed by atoms with van der Waals surface area (Å²) >= 11 is 7.41. The first-order valence-corrected chi connectivity index (χ1v) is 12.1. The van der Waals surface area contributed by atoms with Gasteiger partial charge in [0.25, 0.3) is 0 Å². The summed E-state index contributed by atoms with van der Waals surface area (Å²) in [6.07, 6.45) is 3.34. The van der Waals surface area contributed by atoms with Crippen molar-refractivity contribution in [3.8, 4) is 11.5 Å². The zero-order valence-corrected chi connectivity index (χ0v) is 20.6. The number of halogens is 1. The number of hydrogen-bond donors (Lipinski definition) is 1. The Balaban J connectivity index is 1.36. The summed E-state index contributed by atoms with van der Waals surface area (Å²) in [4.78, 5) is 26.2. The van der Waals surface area contributed by atoms with Crippen molar-refractivity contribution in [2.24, 2.45) is 0 Å². The maximum atomic E-state index is 12.6. The largest absolute Gasteiger partial charge is 0.497 e. The van der Waals surface area contributed by atoms with Crippen LogP contribution in [0.4, 0.5) is 17.2 Å². The number of rotatable bonds is 8. The molecule has 0 saturated carbocycles. The van der Waals surface area contributed by atoms with Crippen LogP contribution in [0, 0.1) is 0 Å². The fourth-order valence-electron chi connectivity index (χ4n) is 3.70. The van der Waals surface area contributed by atoms with Gasteiger partial charge in [0.15, 0.2) is 5.82 Å². The van der Waals surface area contributed by atoms with Gasteiger partial charge < -0.3 is 24.6 Å². The van der Waals surface area contributed by atoms with E-state index in [-0.39, 0.29) is 11.7 Å². The Bertz CT molecular complexity index is 1120. The van der Waals surface area contributed by atoms with Crippen molar-refractivity contribution in [1.29, 1.82) is 0 Å². The highest BCUT2D eigenvalue weighted by Gasteiger charge is 2.22. The maximum Gasteiger partial charge on any atom is 0.234 e. The van der Waals surface area contributed by atoms with Crippen molar-refractivity contribution in [2.75, 3.05) is 61.3 Å². The molecule has 1 fully saturated rings. The van der Waals surface area contributed by atoms with Crippen LogP contribution < -0.4 is 24.6 Å². The second kappa shape index (κ2) is 11.3. The van der Waals surface area contributed by atoms with Gasteiger partial charge in [-0.05, 0) is 42.5 Å². The zero-order valence-electron chi connectivity index (χ0n) is 19.0. The van der Waals surface area contributed by atoms with E-state index in [9.17, 15) is 4.79 Å². The van der Waals surface area contributed by atoms with E-state index in [4.69, 9.17) is 21.1 Å². The molecule has 2 aromatic carbocycles. The fourth-order valence-corrected chi connectivity index (χ4v) is 4.66. The SMILES string of the molecule is COc1ccc(N2CCN(c3nccnc3SCC(=O)Nc3cc(Cl)ccc3OC)CC2)cc1. The summed E-state index contributed by atoms with van der Waals surface area (Å²) in [5.41, 5.74) is 1.71. The molecule has 0 atom stereocenters. The van der Waals surface area contributed by atoms with Crippen molar-refractivity contribution in [2.45, 2.75) is 5.03 Å². The highest BCUT2D eigenvalue weighted by atomic mass is 35.5. The van der Waals surface area contributed by atoms with E-state index in [0.717, 1.165) is 42.8 Å². The molecule has 0 radical (unpaired) electrons. The Morgan fingerprint density at radius 1 is 1.00 bits per heavy atom. The van der Waals surface area contributed by atoms with Crippen LogP contribution in [0.2, 0.25) is 5.02 Å². The maximum absolute atomic E-state index is 12.6. The van der Waals surface area contributed by atoms with E-state index in [0.29, 0.717) is 16.5 Å². The molecule has 0 unspecified atom stereocenters. The van der Waals surface area contributed by atoms with Crippen molar-refractivity contribution >= 4 is 46.5 Å². The first kappa shape index (κ1) is 24.0. The van der Waals surface area contributed by atoms with Gasteiger partial charge in [-0.15, -0.1) is 0 Å². The molecule has 8 nitrogen and oxygen atoms in total. The standard InChI is InChI=1S/C24H26ClN5O3S/c1-32-19-6-4-18(5-7-19)29-11-13-30(14-12-29)23-24(27-10-9-26-23)34-16-22(31)28-20-15-17(25)3-8-21(20)33-2/h3-10,15H,11-14,16H2,1-2H3,(H,28,31). The molecule has 0 aliphatic carbocycles. The van der Waals surface area contributed by atoms with E-state index in [2.05, 4.69) is 37.2 Å². The predicted octanol–water partition coefficient (Wildman–Crippen LogP) is 4.20. The minimum Gasteiger partial charge on any atom is -0.497 e. The van der Waals surface area contributed by atoms with Gasteiger partial charge in [-0.1, -0.05) is 23.4 Å². The molecule has 10 heteroatoms. The highest BCUT2D eigenvalue weighted by Crippen LogP contribution is 2.30. The minimum absolute atomic E-state index is 0.175. The van der Waals surface area contributed by atoms with Crippen LogP contribution in [0.3, 0.4) is 0 Å². The smallest absolute Gasteiger partial charge is 0.234 e. The van der Waals surface area contributed by atoms with Crippen LogP contribution in [-0.2, 0) is 4.79 Å². The molecule has 4 rings (SSSR count). The van der Waals surface area contributed by atoms with Gasteiger partial charge >= 0.3 is 0 Å². The summed E-state index contributed by atoms with van der Waals surface area (Å²) in [6.45, 7) is 3.35. The lowest BCUT2D eigenvalue weighted by molar-refractivity contribution is -0.113. The molecular formula is C24H26ClN5O3S. The monoisotopic (exact) mass is 499 g/mol. The van der Waals surface area contributed by atoms with Gasteiger partial charge in [0.2, 0.25) is 5.91 Å². The first-order chi connectivity index (χ1) is 16.6. The van der Waals surface area contributed by atoms with Crippen LogP contribution in [-0.4, -0.2) is 62.0 Å². The second-order valence-corrected chi connectivity index (χ2v) is 8.94. The summed E-state index contributed by atoms with van der Waals surface area (Å²) < 4.78 is 10.5. The second-order valence-electron chi connectivity index (χ2n) is 7.54. The number of piperazine rings is 1. The van der Waals surface area contributed by atoms with Gasteiger partial charge in [0.1, 0.15) is 16.5 Å². The molecule has 2 heterocycles. The third-order valence-corrected chi connectivity index (χ3v) is 6.64. The number of carbonyl (C=O) groups is 1. The molecule has 1 saturated heterocycles. The van der Waals surface area contributed by atoms with Gasteiger partial charge in [-0.2, -0.15) is 0 Å². The van der Waals surface area contributed by atoms with Crippen LogP contribution in [0.15, 0.2) is 59.9 Å².